The monoisotopic (exact) mass is 201 g/mol. The molecule has 0 radical (unpaired) electrons. The van der Waals surface area contributed by atoms with Gasteiger partial charge in [0.25, 0.3) is 0 Å². The largest absolute Gasteiger partial charge is 0.296 e. The van der Waals surface area contributed by atoms with Gasteiger partial charge in [-0.3, -0.25) is 4.79 Å². The van der Waals surface area contributed by atoms with E-state index in [-0.39, 0.29) is 0 Å². The molecule has 0 saturated heterocycles. The smallest absolute Gasteiger partial charge is 0.172 e. The molecule has 1 aromatic heterocycles. The number of benzene rings is 1. The zero-order valence-electron chi connectivity index (χ0n) is 8.64. The molecule has 0 unspecified atom stereocenters. The van der Waals surface area contributed by atoms with E-state index in [4.69, 9.17) is 0 Å². The van der Waals surface area contributed by atoms with Gasteiger partial charge in [-0.15, -0.1) is 5.10 Å². The number of rotatable bonds is 2. The molecular weight excluding hydrogens is 190 g/mol. The highest BCUT2D eigenvalue weighted by atomic mass is 16.1. The van der Waals surface area contributed by atoms with Crippen molar-refractivity contribution in [2.24, 2.45) is 0 Å². The maximum atomic E-state index is 10.6. The fourth-order valence-electron chi connectivity index (χ4n) is 1.38. The molecule has 4 nitrogen and oxygen atoms in total. The van der Waals surface area contributed by atoms with Crippen molar-refractivity contribution in [1.82, 2.24) is 15.0 Å². The van der Waals surface area contributed by atoms with Gasteiger partial charge in [-0.25, -0.2) is 4.68 Å². The number of hydrogen-bond acceptors (Lipinski definition) is 3. The van der Waals surface area contributed by atoms with Crippen molar-refractivity contribution in [2.45, 2.75) is 13.8 Å². The van der Waals surface area contributed by atoms with Gasteiger partial charge in [-0.2, -0.15) is 0 Å². The van der Waals surface area contributed by atoms with Crippen molar-refractivity contribution in [1.29, 1.82) is 0 Å². The standard InChI is InChI=1S/C11H11N3O/c1-8-3-5-10(6-4-8)14-9(2)11(7-15)12-13-14/h3-7H,1-2H3. The van der Waals surface area contributed by atoms with Gasteiger partial charge >= 0.3 is 0 Å². The highest BCUT2D eigenvalue weighted by Gasteiger charge is 2.08. The molecule has 15 heavy (non-hydrogen) atoms. The first-order chi connectivity index (χ1) is 7.22. The Morgan fingerprint density at radius 1 is 1.20 bits per heavy atom. The summed E-state index contributed by atoms with van der Waals surface area (Å²) in [4.78, 5) is 10.6. The first-order valence-electron chi connectivity index (χ1n) is 4.67. The average molecular weight is 201 g/mol. The number of hydrogen-bond donors (Lipinski definition) is 0. The third kappa shape index (κ3) is 1.66. The maximum absolute atomic E-state index is 10.6. The Balaban J connectivity index is 2.49. The van der Waals surface area contributed by atoms with Crippen molar-refractivity contribution >= 4 is 6.29 Å². The molecule has 0 fully saturated rings. The van der Waals surface area contributed by atoms with E-state index >= 15 is 0 Å². The van der Waals surface area contributed by atoms with Crippen molar-refractivity contribution < 1.29 is 4.79 Å². The minimum absolute atomic E-state index is 0.385. The summed E-state index contributed by atoms with van der Waals surface area (Å²) < 4.78 is 1.66. The summed E-state index contributed by atoms with van der Waals surface area (Å²) >= 11 is 0. The fourth-order valence-corrected chi connectivity index (χ4v) is 1.38. The summed E-state index contributed by atoms with van der Waals surface area (Å²) in [7, 11) is 0. The van der Waals surface area contributed by atoms with Crippen LogP contribution in [0.5, 0.6) is 0 Å². The van der Waals surface area contributed by atoms with Crippen molar-refractivity contribution in [3.63, 3.8) is 0 Å². The molecule has 0 spiro atoms. The fraction of sp³-hybridized carbons (Fsp3) is 0.182. The molecule has 76 valence electrons. The Bertz CT molecular complexity index is 485. The van der Waals surface area contributed by atoms with Gasteiger partial charge in [-0.1, -0.05) is 22.9 Å². The SMILES string of the molecule is Cc1ccc(-n2nnc(C=O)c2C)cc1. The Labute approximate surface area is 87.5 Å². The zero-order chi connectivity index (χ0) is 10.8. The Hall–Kier alpha value is -1.97. The maximum Gasteiger partial charge on any atom is 0.172 e. The number of aryl methyl sites for hydroxylation is 1. The molecular formula is C11H11N3O. The lowest BCUT2D eigenvalue weighted by Crippen LogP contribution is -1.99. The van der Waals surface area contributed by atoms with Gasteiger partial charge in [0.2, 0.25) is 0 Å². The molecule has 0 amide bonds. The van der Waals surface area contributed by atoms with Crippen LogP contribution in [-0.4, -0.2) is 21.3 Å². The normalized spacial score (nSPS) is 10.3. The average Bonchev–Trinajstić information content (AvgIpc) is 2.61. The van der Waals surface area contributed by atoms with Crippen molar-refractivity contribution in [3.05, 3.63) is 41.2 Å². The number of carbonyl (C=O) groups excluding carboxylic acids is 1. The summed E-state index contributed by atoms with van der Waals surface area (Å²) in [5.41, 5.74) is 3.25. The van der Waals surface area contributed by atoms with E-state index in [1.54, 1.807) is 4.68 Å². The summed E-state index contributed by atoms with van der Waals surface area (Å²) in [6.45, 7) is 3.85. The van der Waals surface area contributed by atoms with Gasteiger partial charge in [0.1, 0.15) is 5.69 Å². The van der Waals surface area contributed by atoms with E-state index in [9.17, 15) is 4.79 Å². The summed E-state index contributed by atoms with van der Waals surface area (Å²) in [6, 6.07) is 7.89. The van der Waals surface area contributed by atoms with E-state index in [2.05, 4.69) is 10.3 Å². The first kappa shape index (κ1) is 9.58. The van der Waals surface area contributed by atoms with Crippen LogP contribution in [-0.2, 0) is 0 Å². The van der Waals surface area contributed by atoms with Crippen LogP contribution in [0.2, 0.25) is 0 Å². The van der Waals surface area contributed by atoms with E-state index in [1.807, 2.05) is 38.1 Å². The van der Waals surface area contributed by atoms with Gasteiger partial charge in [0, 0.05) is 0 Å². The Morgan fingerprint density at radius 2 is 1.87 bits per heavy atom. The second-order valence-corrected chi connectivity index (χ2v) is 3.43. The van der Waals surface area contributed by atoms with E-state index in [0.29, 0.717) is 12.0 Å². The van der Waals surface area contributed by atoms with Crippen LogP contribution in [0.3, 0.4) is 0 Å². The third-order valence-corrected chi connectivity index (χ3v) is 2.32. The number of aldehydes is 1. The summed E-state index contributed by atoms with van der Waals surface area (Å²) in [5.74, 6) is 0. The molecule has 0 aliphatic heterocycles. The van der Waals surface area contributed by atoms with Crippen LogP contribution in [0.15, 0.2) is 24.3 Å². The molecule has 0 atom stereocenters. The number of nitrogens with zero attached hydrogens (tertiary/aromatic N) is 3. The lowest BCUT2D eigenvalue weighted by atomic mass is 10.2. The predicted octanol–water partition coefficient (Wildman–Crippen LogP) is 1.70. The van der Waals surface area contributed by atoms with E-state index in [1.165, 1.54) is 5.56 Å². The molecule has 0 N–H and O–H groups in total. The van der Waals surface area contributed by atoms with Crippen LogP contribution in [0.25, 0.3) is 5.69 Å². The minimum Gasteiger partial charge on any atom is -0.296 e. The minimum atomic E-state index is 0.385. The van der Waals surface area contributed by atoms with Crippen molar-refractivity contribution in [3.8, 4) is 5.69 Å². The second kappa shape index (κ2) is 3.65. The molecule has 0 aliphatic rings. The summed E-state index contributed by atoms with van der Waals surface area (Å²) in [6.07, 6.45) is 0.715. The van der Waals surface area contributed by atoms with E-state index < -0.39 is 0 Å². The molecule has 2 rings (SSSR count). The molecule has 0 bridgehead atoms. The quantitative estimate of drug-likeness (QED) is 0.695. The Morgan fingerprint density at radius 3 is 2.40 bits per heavy atom. The van der Waals surface area contributed by atoms with Gasteiger partial charge in [0.05, 0.1) is 11.4 Å². The molecule has 2 aromatic rings. The zero-order valence-corrected chi connectivity index (χ0v) is 8.64. The molecule has 4 heteroatoms. The third-order valence-electron chi connectivity index (χ3n) is 2.32. The molecule has 1 aromatic carbocycles. The summed E-state index contributed by atoms with van der Waals surface area (Å²) in [5, 5.41) is 7.70. The first-order valence-corrected chi connectivity index (χ1v) is 4.67. The number of carbonyl (C=O) groups is 1. The lowest BCUT2D eigenvalue weighted by molar-refractivity contribution is 0.111. The van der Waals surface area contributed by atoms with Crippen LogP contribution >= 0.6 is 0 Å². The molecule has 0 saturated carbocycles. The van der Waals surface area contributed by atoms with Crippen LogP contribution < -0.4 is 0 Å². The van der Waals surface area contributed by atoms with Gasteiger partial charge in [0.15, 0.2) is 6.29 Å². The number of aromatic nitrogens is 3. The predicted molar refractivity (Wildman–Crippen MR) is 56.2 cm³/mol. The van der Waals surface area contributed by atoms with Crippen LogP contribution in [0.1, 0.15) is 21.7 Å². The molecule has 0 aliphatic carbocycles. The highest BCUT2D eigenvalue weighted by molar-refractivity contribution is 5.73. The second-order valence-electron chi connectivity index (χ2n) is 3.43. The lowest BCUT2D eigenvalue weighted by Gasteiger charge is -2.02. The van der Waals surface area contributed by atoms with Gasteiger partial charge in [-0.05, 0) is 26.0 Å². The topological polar surface area (TPSA) is 47.8 Å². The van der Waals surface area contributed by atoms with Gasteiger partial charge < -0.3 is 0 Å². The Kier molecular flexibility index (Phi) is 2.33. The van der Waals surface area contributed by atoms with Crippen LogP contribution in [0.4, 0.5) is 0 Å². The molecule has 1 heterocycles. The van der Waals surface area contributed by atoms with Crippen molar-refractivity contribution in [2.75, 3.05) is 0 Å². The highest BCUT2D eigenvalue weighted by Crippen LogP contribution is 2.11. The van der Waals surface area contributed by atoms with E-state index in [0.717, 1.165) is 11.4 Å². The van der Waals surface area contributed by atoms with Crippen LogP contribution in [0, 0.1) is 13.8 Å².